The third kappa shape index (κ3) is 4.49. The normalized spacial score (nSPS) is 14.9. The standard InChI is InChI=1S/C21H24ClN3O2/c1-13(2)20(23)21(27)24-17-8-9-18-15(11-17)5-10-19(26)25(18)12-14-3-6-16(22)7-4-14/h3-4,6-9,11,13,20H,5,10,12,23H2,1-2H3,(H,24,27)/t20-/m0/s1. The maximum atomic E-state index is 12.5. The Labute approximate surface area is 164 Å². The Morgan fingerprint density at radius 3 is 2.56 bits per heavy atom. The highest BCUT2D eigenvalue weighted by Gasteiger charge is 2.25. The molecule has 27 heavy (non-hydrogen) atoms. The third-order valence-electron chi connectivity index (χ3n) is 4.82. The molecule has 0 fully saturated rings. The van der Waals surface area contributed by atoms with Gasteiger partial charge in [-0.25, -0.2) is 0 Å². The number of hydrogen-bond acceptors (Lipinski definition) is 3. The number of rotatable bonds is 5. The van der Waals surface area contributed by atoms with Crippen molar-refractivity contribution in [3.05, 3.63) is 58.6 Å². The Balaban J connectivity index is 1.80. The number of fused-ring (bicyclic) bond motifs is 1. The molecule has 1 heterocycles. The first-order valence-corrected chi connectivity index (χ1v) is 9.47. The van der Waals surface area contributed by atoms with Gasteiger partial charge in [-0.05, 0) is 53.8 Å². The minimum atomic E-state index is -0.552. The number of aryl methyl sites for hydroxylation is 1. The highest BCUT2D eigenvalue weighted by atomic mass is 35.5. The van der Waals surface area contributed by atoms with E-state index in [4.69, 9.17) is 17.3 Å². The lowest BCUT2D eigenvalue weighted by molar-refractivity contribution is -0.119. The maximum absolute atomic E-state index is 12.5. The zero-order chi connectivity index (χ0) is 19.6. The zero-order valence-electron chi connectivity index (χ0n) is 15.5. The average molecular weight is 386 g/mol. The number of anilines is 2. The minimum absolute atomic E-state index is 0.0649. The van der Waals surface area contributed by atoms with E-state index in [0.717, 1.165) is 16.8 Å². The molecule has 0 saturated heterocycles. The number of amides is 2. The first-order valence-electron chi connectivity index (χ1n) is 9.09. The SMILES string of the molecule is CC(C)[C@H](N)C(=O)Nc1ccc2c(c1)CCC(=O)N2Cc1ccc(Cl)cc1. The number of benzene rings is 2. The average Bonchev–Trinajstić information content (AvgIpc) is 2.65. The molecule has 1 atom stereocenters. The van der Waals surface area contributed by atoms with Crippen molar-refractivity contribution in [3.63, 3.8) is 0 Å². The molecule has 0 radical (unpaired) electrons. The van der Waals surface area contributed by atoms with E-state index in [1.54, 1.807) is 4.90 Å². The monoisotopic (exact) mass is 385 g/mol. The molecule has 0 bridgehead atoms. The maximum Gasteiger partial charge on any atom is 0.241 e. The van der Waals surface area contributed by atoms with Crippen molar-refractivity contribution < 1.29 is 9.59 Å². The van der Waals surface area contributed by atoms with Crippen LogP contribution < -0.4 is 16.0 Å². The van der Waals surface area contributed by atoms with Crippen LogP contribution in [0.1, 0.15) is 31.4 Å². The van der Waals surface area contributed by atoms with E-state index in [1.165, 1.54) is 0 Å². The van der Waals surface area contributed by atoms with Gasteiger partial charge >= 0.3 is 0 Å². The number of hydrogen-bond donors (Lipinski definition) is 2. The molecule has 142 valence electrons. The van der Waals surface area contributed by atoms with Crippen LogP contribution >= 0.6 is 11.6 Å². The molecule has 1 aliphatic rings. The summed E-state index contributed by atoms with van der Waals surface area (Å²) in [7, 11) is 0. The first-order chi connectivity index (χ1) is 12.8. The molecular formula is C21H24ClN3O2. The summed E-state index contributed by atoms with van der Waals surface area (Å²) in [6, 6.07) is 12.6. The minimum Gasteiger partial charge on any atom is -0.325 e. The number of carbonyl (C=O) groups excluding carboxylic acids is 2. The molecule has 2 amide bonds. The molecule has 0 spiro atoms. The van der Waals surface area contributed by atoms with Crippen LogP contribution in [0.25, 0.3) is 0 Å². The summed E-state index contributed by atoms with van der Waals surface area (Å²) in [6.45, 7) is 4.32. The second-order valence-electron chi connectivity index (χ2n) is 7.21. The molecule has 2 aromatic carbocycles. The van der Waals surface area contributed by atoms with Crippen LogP contribution in [-0.4, -0.2) is 17.9 Å². The lowest BCUT2D eigenvalue weighted by Crippen LogP contribution is -2.39. The van der Waals surface area contributed by atoms with Crippen molar-refractivity contribution in [2.75, 3.05) is 10.2 Å². The third-order valence-corrected chi connectivity index (χ3v) is 5.07. The summed E-state index contributed by atoms with van der Waals surface area (Å²) < 4.78 is 0. The van der Waals surface area contributed by atoms with Crippen molar-refractivity contribution in [1.82, 2.24) is 0 Å². The van der Waals surface area contributed by atoms with E-state index in [9.17, 15) is 9.59 Å². The Kier molecular flexibility index (Phi) is 5.82. The second-order valence-corrected chi connectivity index (χ2v) is 7.65. The van der Waals surface area contributed by atoms with E-state index >= 15 is 0 Å². The van der Waals surface area contributed by atoms with Crippen molar-refractivity contribution in [1.29, 1.82) is 0 Å². The Hall–Kier alpha value is -2.37. The highest BCUT2D eigenvalue weighted by molar-refractivity contribution is 6.30. The van der Waals surface area contributed by atoms with Crippen molar-refractivity contribution in [2.24, 2.45) is 11.7 Å². The number of nitrogens with two attached hydrogens (primary N) is 1. The molecular weight excluding hydrogens is 362 g/mol. The van der Waals surface area contributed by atoms with Crippen molar-refractivity contribution in [2.45, 2.75) is 39.3 Å². The van der Waals surface area contributed by atoms with Crippen LogP contribution in [-0.2, 0) is 22.6 Å². The van der Waals surface area contributed by atoms with Crippen LogP contribution in [0.2, 0.25) is 5.02 Å². The molecule has 0 saturated carbocycles. The Morgan fingerprint density at radius 2 is 1.89 bits per heavy atom. The van der Waals surface area contributed by atoms with Crippen molar-refractivity contribution in [3.8, 4) is 0 Å². The molecule has 3 N–H and O–H groups in total. The van der Waals surface area contributed by atoms with Gasteiger partial charge in [0.05, 0.1) is 12.6 Å². The van der Waals surface area contributed by atoms with Gasteiger partial charge in [-0.1, -0.05) is 37.6 Å². The predicted octanol–water partition coefficient (Wildman–Crippen LogP) is 3.74. The van der Waals surface area contributed by atoms with Crippen LogP contribution in [0.4, 0.5) is 11.4 Å². The first kappa shape index (κ1) is 19.4. The highest BCUT2D eigenvalue weighted by Crippen LogP contribution is 2.31. The lowest BCUT2D eigenvalue weighted by atomic mass is 9.99. The van der Waals surface area contributed by atoms with Crippen LogP contribution in [0.15, 0.2) is 42.5 Å². The number of nitrogens with zero attached hydrogens (tertiary/aromatic N) is 1. The molecule has 0 aromatic heterocycles. The van der Waals surface area contributed by atoms with Gasteiger partial charge in [0.2, 0.25) is 11.8 Å². The summed E-state index contributed by atoms with van der Waals surface area (Å²) in [5.74, 6) is -0.0407. The van der Waals surface area contributed by atoms with Gasteiger partial charge in [0, 0.05) is 22.8 Å². The van der Waals surface area contributed by atoms with Gasteiger partial charge in [-0.3, -0.25) is 9.59 Å². The Bertz CT molecular complexity index is 849. The topological polar surface area (TPSA) is 75.4 Å². The molecule has 2 aromatic rings. The van der Waals surface area contributed by atoms with Crippen molar-refractivity contribution >= 4 is 34.8 Å². The fourth-order valence-corrected chi connectivity index (χ4v) is 3.24. The van der Waals surface area contributed by atoms with Crippen LogP contribution in [0, 0.1) is 5.92 Å². The van der Waals surface area contributed by atoms with Gasteiger partial charge in [0.1, 0.15) is 0 Å². The largest absolute Gasteiger partial charge is 0.325 e. The molecule has 6 heteroatoms. The smallest absolute Gasteiger partial charge is 0.241 e. The summed E-state index contributed by atoms with van der Waals surface area (Å²) in [6.07, 6.45) is 1.11. The summed E-state index contributed by atoms with van der Waals surface area (Å²) >= 11 is 5.94. The molecule has 5 nitrogen and oxygen atoms in total. The molecule has 3 rings (SSSR count). The molecule has 0 aliphatic carbocycles. The van der Waals surface area contributed by atoms with Crippen LogP contribution in [0.5, 0.6) is 0 Å². The molecule has 1 aliphatic heterocycles. The summed E-state index contributed by atoms with van der Waals surface area (Å²) in [5, 5.41) is 3.54. The molecule has 0 unspecified atom stereocenters. The number of halogens is 1. The predicted molar refractivity (Wildman–Crippen MR) is 109 cm³/mol. The fraction of sp³-hybridized carbons (Fsp3) is 0.333. The number of nitrogens with one attached hydrogen (secondary N) is 1. The van der Waals surface area contributed by atoms with E-state index < -0.39 is 6.04 Å². The van der Waals surface area contributed by atoms with Gasteiger partial charge in [0.25, 0.3) is 0 Å². The lowest BCUT2D eigenvalue weighted by Gasteiger charge is -2.30. The summed E-state index contributed by atoms with van der Waals surface area (Å²) in [5.41, 5.74) is 9.55. The number of carbonyl (C=O) groups is 2. The van der Waals surface area contributed by atoms with Gasteiger partial charge in [0.15, 0.2) is 0 Å². The zero-order valence-corrected chi connectivity index (χ0v) is 16.3. The van der Waals surface area contributed by atoms with Crippen LogP contribution in [0.3, 0.4) is 0 Å². The van der Waals surface area contributed by atoms with Gasteiger partial charge < -0.3 is 16.0 Å². The van der Waals surface area contributed by atoms with E-state index in [1.807, 2.05) is 56.3 Å². The Morgan fingerprint density at radius 1 is 1.19 bits per heavy atom. The summed E-state index contributed by atoms with van der Waals surface area (Å²) in [4.78, 5) is 26.4. The van der Waals surface area contributed by atoms with E-state index in [0.29, 0.717) is 30.1 Å². The van der Waals surface area contributed by atoms with E-state index in [-0.39, 0.29) is 17.7 Å². The fourth-order valence-electron chi connectivity index (χ4n) is 3.11. The second kappa shape index (κ2) is 8.11. The van der Waals surface area contributed by atoms with E-state index in [2.05, 4.69) is 5.32 Å². The quantitative estimate of drug-likeness (QED) is 0.823. The van der Waals surface area contributed by atoms with Gasteiger partial charge in [-0.15, -0.1) is 0 Å². The van der Waals surface area contributed by atoms with Gasteiger partial charge in [-0.2, -0.15) is 0 Å².